The first-order chi connectivity index (χ1) is 48.1. The van der Waals surface area contributed by atoms with Gasteiger partial charge in [-0.15, -0.1) is 0 Å². The summed E-state index contributed by atoms with van der Waals surface area (Å²) in [6.45, 7) is 48.8. The minimum absolute atomic E-state index is 0.00804. The van der Waals surface area contributed by atoms with E-state index in [-0.39, 0.29) is 50.0 Å². The zero-order chi connectivity index (χ0) is 71.2. The molecule has 0 fully saturated rings. The quantitative estimate of drug-likeness (QED) is 0.155. The van der Waals surface area contributed by atoms with Gasteiger partial charge in [-0.2, -0.15) is 0 Å². The third kappa shape index (κ3) is 8.49. The Hall–Kier alpha value is -8.92. The lowest BCUT2D eigenvalue weighted by Crippen LogP contribution is -2.61. The highest BCUT2D eigenvalue weighted by molar-refractivity contribution is 7.01. The van der Waals surface area contributed by atoms with Crippen LogP contribution in [0.1, 0.15) is 231 Å². The molecule has 0 bridgehead atoms. The van der Waals surface area contributed by atoms with Crippen molar-refractivity contribution in [2.45, 2.75) is 213 Å². The lowest BCUT2D eigenvalue weighted by Gasteiger charge is -2.44. The van der Waals surface area contributed by atoms with Gasteiger partial charge in [0.1, 0.15) is 0 Å². The Morgan fingerprint density at radius 2 is 0.765 bits per heavy atom. The zero-order valence-corrected chi connectivity index (χ0v) is 64.2. The summed E-state index contributed by atoms with van der Waals surface area (Å²) in [7, 11) is 0. The van der Waals surface area contributed by atoms with Crippen molar-refractivity contribution < 1.29 is 0 Å². The molecule has 3 heteroatoms. The highest BCUT2D eigenvalue weighted by Gasteiger charge is 2.56. The number of hydrogen-bond acceptors (Lipinski definition) is 0. The van der Waals surface area contributed by atoms with Crippen molar-refractivity contribution >= 4 is 66.6 Å². The fourth-order valence-corrected chi connectivity index (χ4v) is 20.6. The molecule has 0 amide bonds. The number of nitrogens with zero attached hydrogens (tertiary/aromatic N) is 2. The molecule has 0 unspecified atom stereocenters. The lowest BCUT2D eigenvalue weighted by molar-refractivity contribution is 0.332. The summed E-state index contributed by atoms with van der Waals surface area (Å²) in [5.41, 5.74) is 39.6. The van der Waals surface area contributed by atoms with Gasteiger partial charge in [0.05, 0.1) is 22.1 Å². The van der Waals surface area contributed by atoms with Gasteiger partial charge in [-0.05, 0) is 250 Å². The first-order valence-electron chi connectivity index (χ1n) is 38.4. The molecule has 3 aliphatic carbocycles. The van der Waals surface area contributed by atoms with Gasteiger partial charge in [0, 0.05) is 44.2 Å². The number of hydrogen-bond donors (Lipinski definition) is 0. The predicted molar refractivity (Wildman–Crippen MR) is 438 cm³/mol. The first kappa shape index (κ1) is 64.0. The summed E-state index contributed by atoms with van der Waals surface area (Å²) in [5, 5.41) is 6.64. The lowest BCUT2D eigenvalue weighted by atomic mass is 9.33. The van der Waals surface area contributed by atoms with E-state index in [1.165, 1.54) is 194 Å². The van der Waals surface area contributed by atoms with Gasteiger partial charge >= 0.3 is 0 Å². The molecule has 0 saturated carbocycles. The van der Waals surface area contributed by atoms with Gasteiger partial charge in [0.25, 0.3) is 6.71 Å². The molecular weight excluding hydrogens is 1230 g/mol. The molecular formula is C99H99BN2. The summed E-state index contributed by atoms with van der Waals surface area (Å²) < 4.78 is 5.76. The minimum Gasteiger partial charge on any atom is -0.310 e. The van der Waals surface area contributed by atoms with E-state index in [9.17, 15) is 0 Å². The van der Waals surface area contributed by atoms with Crippen molar-refractivity contribution in [2.75, 3.05) is 0 Å². The Balaban J connectivity index is 1.07. The maximum Gasteiger partial charge on any atom is 0.253 e. The maximum absolute atomic E-state index is 2.91. The molecule has 0 saturated heterocycles. The van der Waals surface area contributed by atoms with Gasteiger partial charge in [-0.1, -0.05) is 278 Å². The predicted octanol–water partition coefficient (Wildman–Crippen LogP) is 24.3. The summed E-state index contributed by atoms with van der Waals surface area (Å²) in [6, 6.07) is 77.7. The van der Waals surface area contributed by atoms with Crippen molar-refractivity contribution in [1.29, 1.82) is 0 Å². The molecule has 2 aromatic heterocycles. The van der Waals surface area contributed by atoms with E-state index in [1.807, 2.05) is 0 Å². The van der Waals surface area contributed by atoms with Crippen molar-refractivity contribution in [2.24, 2.45) is 0 Å². The number of rotatable bonds is 4. The van der Waals surface area contributed by atoms with Crippen LogP contribution < -0.4 is 16.4 Å². The van der Waals surface area contributed by atoms with E-state index in [4.69, 9.17) is 0 Å². The second-order valence-electron chi connectivity index (χ2n) is 38.9. The molecule has 13 aromatic rings. The average molecular weight is 1330 g/mol. The first-order valence-corrected chi connectivity index (χ1v) is 38.4. The molecule has 2 nitrogen and oxygen atoms in total. The number of aromatic nitrogens is 2. The molecule has 1 spiro atoms. The van der Waals surface area contributed by atoms with Gasteiger partial charge in [0.15, 0.2) is 0 Å². The molecule has 6 aliphatic rings. The van der Waals surface area contributed by atoms with E-state index in [1.54, 1.807) is 0 Å². The number of benzene rings is 11. The van der Waals surface area contributed by atoms with Crippen LogP contribution in [0.25, 0.3) is 111 Å². The van der Waals surface area contributed by atoms with Crippen LogP contribution in [0.15, 0.2) is 188 Å². The average Bonchev–Trinajstić information content (AvgIpc) is 1.45. The Kier molecular flexibility index (Phi) is 12.7. The van der Waals surface area contributed by atoms with Crippen LogP contribution in [0.4, 0.5) is 0 Å². The molecule has 0 radical (unpaired) electrons. The van der Waals surface area contributed by atoms with Crippen molar-refractivity contribution in [3.8, 4) is 67.1 Å². The smallest absolute Gasteiger partial charge is 0.253 e. The van der Waals surface area contributed by atoms with Crippen molar-refractivity contribution in [3.63, 3.8) is 0 Å². The fourth-order valence-electron chi connectivity index (χ4n) is 20.6. The second-order valence-corrected chi connectivity index (χ2v) is 38.9. The molecule has 508 valence electrons. The van der Waals surface area contributed by atoms with Gasteiger partial charge in [0.2, 0.25) is 0 Å². The largest absolute Gasteiger partial charge is 0.310 e. The van der Waals surface area contributed by atoms with Crippen LogP contribution in [0, 0.1) is 0 Å². The van der Waals surface area contributed by atoms with Crippen LogP contribution in [0.3, 0.4) is 0 Å². The second kappa shape index (κ2) is 20.3. The monoisotopic (exact) mass is 1330 g/mol. The molecule has 19 rings (SSSR count). The fraction of sp³-hybridized carbons (Fsp3) is 0.333. The summed E-state index contributed by atoms with van der Waals surface area (Å²) in [5.74, 6) is 0. The van der Waals surface area contributed by atoms with E-state index in [2.05, 4.69) is 336 Å². The van der Waals surface area contributed by atoms with Crippen LogP contribution >= 0.6 is 0 Å². The Morgan fingerprint density at radius 1 is 0.314 bits per heavy atom. The van der Waals surface area contributed by atoms with Gasteiger partial charge in [-0.3, -0.25) is 0 Å². The van der Waals surface area contributed by atoms with Gasteiger partial charge < -0.3 is 9.13 Å². The zero-order valence-electron chi connectivity index (χ0n) is 64.2. The molecule has 3 aliphatic heterocycles. The van der Waals surface area contributed by atoms with Crippen molar-refractivity contribution in [3.05, 3.63) is 255 Å². The summed E-state index contributed by atoms with van der Waals surface area (Å²) in [4.78, 5) is 0. The van der Waals surface area contributed by atoms with E-state index in [0.29, 0.717) is 0 Å². The Labute approximate surface area is 606 Å². The molecule has 11 aromatic carbocycles. The van der Waals surface area contributed by atoms with E-state index in [0.717, 1.165) is 25.7 Å². The van der Waals surface area contributed by atoms with Crippen LogP contribution in [-0.2, 0) is 48.7 Å². The highest BCUT2D eigenvalue weighted by Crippen LogP contribution is 2.64. The normalized spacial score (nSPS) is 17.4. The molecule has 102 heavy (non-hydrogen) atoms. The van der Waals surface area contributed by atoms with Gasteiger partial charge in [-0.25, -0.2) is 0 Å². The third-order valence-electron chi connectivity index (χ3n) is 26.7. The maximum atomic E-state index is 2.91. The Bertz CT molecular complexity index is 5850. The van der Waals surface area contributed by atoms with Crippen LogP contribution in [0.2, 0.25) is 0 Å². The van der Waals surface area contributed by atoms with Crippen LogP contribution in [-0.4, -0.2) is 15.8 Å². The van der Waals surface area contributed by atoms with E-state index < -0.39 is 5.41 Å². The molecule has 0 atom stereocenters. The number of fused-ring (bicyclic) bond motifs is 15. The topological polar surface area (TPSA) is 9.86 Å². The summed E-state index contributed by atoms with van der Waals surface area (Å²) in [6.07, 6.45) is 4.49. The highest BCUT2D eigenvalue weighted by atomic mass is 15.1. The SMILES string of the molecule is CC(C)(C)c1ccc(-c2cc3c(cc2-c2c(-c4cc5c(cc4-c4ccc(C(C)(C)C)cc4)C(C)(C)CCC5(C)C)n4c5c(c6ccccc6cc25)B2c5c-4ccc4c5-n5c6c2cc(C(C)(C)C)cc6c2cc(C(C)(C)C)cc(c25)C42c4ccccc4-c4ccccc42)C(C)(C)CCC3(C)C)cc1. The standard InChI is InChI=1S/C99H99BN2/c1-91(2,3)59-37-33-56(34-38-59)66-52-76-78(97(17,18)45-43-95(76,13)14)54-68(66)83-72-47-58-27-21-22-28-63(58)84-89(72)101(88(83)71-55-79-77(96(15,16)44-46-98(79,19)20)53-67(71)57-35-39-60(40-36-57)92(4,5)6)82-42-41-75-90-85(82)100(84)81-51-62(94(10,11)12)49-70-69-48-61(93(7,8)9)50-80(86(69)102(90)87(70)81)99(75)73-31-25-23-29-64(73)65-30-24-26-32-74(65)99/h21-42,47-55H,43-46H2,1-20H3. The van der Waals surface area contributed by atoms with Crippen LogP contribution in [0.5, 0.6) is 0 Å². The molecule has 5 heterocycles. The minimum atomic E-state index is -0.639. The molecule has 0 N–H and O–H groups in total. The summed E-state index contributed by atoms with van der Waals surface area (Å²) >= 11 is 0. The van der Waals surface area contributed by atoms with E-state index >= 15 is 0 Å². The van der Waals surface area contributed by atoms with Crippen molar-refractivity contribution in [1.82, 2.24) is 9.13 Å². The Morgan fingerprint density at radius 3 is 1.28 bits per heavy atom. The third-order valence-corrected chi connectivity index (χ3v) is 26.7.